The lowest BCUT2D eigenvalue weighted by Gasteiger charge is -2.11. The van der Waals surface area contributed by atoms with Gasteiger partial charge in [-0.25, -0.2) is 4.79 Å². The Kier molecular flexibility index (Phi) is 4.23. The number of rotatable bonds is 4. The van der Waals surface area contributed by atoms with E-state index in [1.165, 1.54) is 12.1 Å². The van der Waals surface area contributed by atoms with E-state index in [0.717, 1.165) is 11.3 Å². The Morgan fingerprint density at radius 3 is 2.33 bits per heavy atom. The van der Waals surface area contributed by atoms with E-state index in [0.29, 0.717) is 5.69 Å². The van der Waals surface area contributed by atoms with Crippen LogP contribution in [-0.2, 0) is 0 Å². The summed E-state index contributed by atoms with van der Waals surface area (Å²) in [5.41, 5.74) is 2.37. The molecular weight excluding hydrogens is 268 g/mol. The molecule has 0 saturated heterocycles. The van der Waals surface area contributed by atoms with Crippen LogP contribution in [0.3, 0.4) is 0 Å². The quantitative estimate of drug-likeness (QED) is 0.847. The van der Waals surface area contributed by atoms with Gasteiger partial charge < -0.3 is 15.1 Å². The second kappa shape index (κ2) is 6.09. The van der Waals surface area contributed by atoms with Crippen LogP contribution in [0.15, 0.2) is 47.5 Å². The third-order valence-corrected chi connectivity index (χ3v) is 2.98. The van der Waals surface area contributed by atoms with Crippen molar-refractivity contribution >= 4 is 23.6 Å². The number of carboxylic acids is 1. The topological polar surface area (TPSA) is 73.1 Å². The maximum atomic E-state index is 10.8. The Labute approximate surface area is 122 Å². The molecule has 0 spiro atoms. The van der Waals surface area contributed by atoms with Crippen LogP contribution in [0.4, 0.5) is 11.4 Å². The Hall–Kier alpha value is -2.82. The van der Waals surface area contributed by atoms with Gasteiger partial charge in [-0.3, -0.25) is 4.99 Å². The SMILES string of the molecule is CN(C)c1ccc(C=Nc2ccc(C(=O)O)c(O)c2)cc1. The van der Waals surface area contributed by atoms with Crippen molar-refractivity contribution in [3.8, 4) is 5.75 Å². The van der Waals surface area contributed by atoms with E-state index < -0.39 is 5.97 Å². The van der Waals surface area contributed by atoms with Gasteiger partial charge in [-0.15, -0.1) is 0 Å². The summed E-state index contributed by atoms with van der Waals surface area (Å²) < 4.78 is 0. The summed E-state index contributed by atoms with van der Waals surface area (Å²) >= 11 is 0. The van der Waals surface area contributed by atoms with Gasteiger partial charge in [0, 0.05) is 32.1 Å². The number of nitrogens with zero attached hydrogens (tertiary/aromatic N) is 2. The maximum Gasteiger partial charge on any atom is 0.339 e. The minimum absolute atomic E-state index is 0.135. The van der Waals surface area contributed by atoms with Crippen LogP contribution in [0.1, 0.15) is 15.9 Å². The molecule has 0 bridgehead atoms. The minimum Gasteiger partial charge on any atom is -0.507 e. The number of benzene rings is 2. The molecular formula is C16H16N2O3. The van der Waals surface area contributed by atoms with Gasteiger partial charge in [-0.2, -0.15) is 0 Å². The highest BCUT2D eigenvalue weighted by Crippen LogP contribution is 2.24. The molecule has 2 aromatic rings. The predicted molar refractivity (Wildman–Crippen MR) is 83.1 cm³/mol. The Bertz CT molecular complexity index is 676. The Morgan fingerprint density at radius 1 is 1.14 bits per heavy atom. The molecule has 0 heterocycles. The number of carboxylic acid groups (broad SMARTS) is 1. The molecule has 21 heavy (non-hydrogen) atoms. The zero-order valence-corrected chi connectivity index (χ0v) is 11.8. The Morgan fingerprint density at radius 2 is 1.81 bits per heavy atom. The highest BCUT2D eigenvalue weighted by atomic mass is 16.4. The highest BCUT2D eigenvalue weighted by Gasteiger charge is 2.08. The lowest BCUT2D eigenvalue weighted by molar-refractivity contribution is 0.0694. The van der Waals surface area contributed by atoms with Crippen molar-refractivity contribution in [3.63, 3.8) is 0 Å². The number of phenols is 1. The molecule has 0 amide bonds. The lowest BCUT2D eigenvalue weighted by Crippen LogP contribution is -2.08. The van der Waals surface area contributed by atoms with Gasteiger partial charge in [0.25, 0.3) is 0 Å². The molecule has 0 aliphatic carbocycles. The number of anilines is 1. The van der Waals surface area contributed by atoms with E-state index in [9.17, 15) is 9.90 Å². The summed E-state index contributed by atoms with van der Waals surface area (Å²) in [6.07, 6.45) is 1.66. The number of aromatic carboxylic acids is 1. The molecule has 108 valence electrons. The van der Waals surface area contributed by atoms with Gasteiger partial charge in [-0.1, -0.05) is 12.1 Å². The van der Waals surface area contributed by atoms with Crippen LogP contribution >= 0.6 is 0 Å². The summed E-state index contributed by atoms with van der Waals surface area (Å²) in [4.78, 5) is 17.0. The zero-order valence-electron chi connectivity index (χ0n) is 11.8. The van der Waals surface area contributed by atoms with Gasteiger partial charge in [0.05, 0.1) is 5.69 Å². The van der Waals surface area contributed by atoms with Gasteiger partial charge in [0.15, 0.2) is 0 Å². The average molecular weight is 284 g/mol. The zero-order chi connectivity index (χ0) is 15.4. The van der Waals surface area contributed by atoms with Crippen LogP contribution in [0.5, 0.6) is 5.75 Å². The summed E-state index contributed by atoms with van der Waals surface area (Å²) in [7, 11) is 3.94. The molecule has 2 aromatic carbocycles. The molecule has 0 atom stereocenters. The summed E-state index contributed by atoms with van der Waals surface area (Å²) in [5, 5.41) is 18.4. The maximum absolute atomic E-state index is 10.8. The van der Waals surface area contributed by atoms with E-state index in [-0.39, 0.29) is 11.3 Å². The van der Waals surface area contributed by atoms with Crippen LogP contribution in [0, 0.1) is 0 Å². The standard InChI is InChI=1S/C16H16N2O3/c1-18(2)13-6-3-11(4-7-13)10-17-12-5-8-14(16(20)21)15(19)9-12/h3-10,19H,1-2H3,(H,20,21). The van der Waals surface area contributed by atoms with Crippen LogP contribution in [0.25, 0.3) is 0 Å². The summed E-state index contributed by atoms with van der Waals surface area (Å²) in [6, 6.07) is 12.0. The van der Waals surface area contributed by atoms with Crippen molar-refractivity contribution in [1.29, 1.82) is 0 Å². The summed E-state index contributed by atoms with van der Waals surface area (Å²) in [6.45, 7) is 0. The highest BCUT2D eigenvalue weighted by molar-refractivity contribution is 5.91. The minimum atomic E-state index is -1.16. The molecule has 5 heteroatoms. The third kappa shape index (κ3) is 3.60. The molecule has 2 N–H and O–H groups in total. The number of hydrogen-bond donors (Lipinski definition) is 2. The molecule has 2 rings (SSSR count). The monoisotopic (exact) mass is 284 g/mol. The van der Waals surface area contributed by atoms with E-state index in [1.807, 2.05) is 43.3 Å². The van der Waals surface area contributed by atoms with E-state index in [1.54, 1.807) is 12.3 Å². The van der Waals surface area contributed by atoms with Crippen molar-refractivity contribution in [2.75, 3.05) is 19.0 Å². The molecule has 0 aliphatic heterocycles. The first-order chi connectivity index (χ1) is 9.97. The summed E-state index contributed by atoms with van der Waals surface area (Å²) in [5.74, 6) is -1.46. The van der Waals surface area contributed by atoms with Crippen LogP contribution in [0.2, 0.25) is 0 Å². The molecule has 5 nitrogen and oxygen atoms in total. The van der Waals surface area contributed by atoms with E-state index in [2.05, 4.69) is 4.99 Å². The fourth-order valence-electron chi connectivity index (χ4n) is 1.79. The number of carbonyl (C=O) groups is 1. The first kappa shape index (κ1) is 14.6. The van der Waals surface area contributed by atoms with Crippen molar-refractivity contribution in [1.82, 2.24) is 0 Å². The van der Waals surface area contributed by atoms with Gasteiger partial charge in [0.1, 0.15) is 11.3 Å². The molecule has 0 radical (unpaired) electrons. The number of hydrogen-bond acceptors (Lipinski definition) is 4. The van der Waals surface area contributed by atoms with Crippen molar-refractivity contribution in [2.45, 2.75) is 0 Å². The van der Waals surface area contributed by atoms with Gasteiger partial charge in [0.2, 0.25) is 0 Å². The normalized spacial score (nSPS) is 10.8. The Balaban J connectivity index is 2.17. The molecule has 0 fully saturated rings. The molecule has 0 aromatic heterocycles. The van der Waals surface area contributed by atoms with Gasteiger partial charge in [-0.05, 0) is 29.8 Å². The molecule has 0 saturated carbocycles. The first-order valence-corrected chi connectivity index (χ1v) is 6.35. The second-order valence-corrected chi connectivity index (χ2v) is 4.75. The lowest BCUT2D eigenvalue weighted by atomic mass is 10.2. The fraction of sp³-hybridized carbons (Fsp3) is 0.125. The third-order valence-electron chi connectivity index (χ3n) is 2.98. The van der Waals surface area contributed by atoms with Gasteiger partial charge >= 0.3 is 5.97 Å². The van der Waals surface area contributed by atoms with E-state index in [4.69, 9.17) is 5.11 Å². The fourth-order valence-corrected chi connectivity index (χ4v) is 1.79. The molecule has 0 unspecified atom stereocenters. The van der Waals surface area contributed by atoms with Crippen LogP contribution < -0.4 is 4.90 Å². The second-order valence-electron chi connectivity index (χ2n) is 4.75. The largest absolute Gasteiger partial charge is 0.507 e. The smallest absolute Gasteiger partial charge is 0.339 e. The van der Waals surface area contributed by atoms with Crippen LogP contribution in [-0.4, -0.2) is 36.5 Å². The average Bonchev–Trinajstić information content (AvgIpc) is 2.45. The van der Waals surface area contributed by atoms with E-state index >= 15 is 0 Å². The van der Waals surface area contributed by atoms with Crippen molar-refractivity contribution in [3.05, 3.63) is 53.6 Å². The number of aliphatic imine (C=N–C) groups is 1. The number of aromatic hydroxyl groups is 1. The van der Waals surface area contributed by atoms with Crippen molar-refractivity contribution < 1.29 is 15.0 Å². The predicted octanol–water partition coefficient (Wildman–Crippen LogP) is 2.91. The molecule has 0 aliphatic rings. The first-order valence-electron chi connectivity index (χ1n) is 6.35. The van der Waals surface area contributed by atoms with Crippen molar-refractivity contribution in [2.24, 2.45) is 4.99 Å².